The number of hydrogen-bond donors (Lipinski definition) is 2. The number of amides is 1. The molecule has 1 aliphatic rings. The van der Waals surface area contributed by atoms with E-state index >= 15 is 0 Å². The minimum absolute atomic E-state index is 0.170. The number of nitrogens with zero attached hydrogens (tertiary/aromatic N) is 1. The molecule has 1 saturated heterocycles. The van der Waals surface area contributed by atoms with Gasteiger partial charge in [0.1, 0.15) is 5.54 Å². The van der Waals surface area contributed by atoms with Crippen molar-refractivity contribution in [1.82, 2.24) is 10.2 Å². The number of carboxylic acid groups (broad SMARTS) is 1. The second-order valence-corrected chi connectivity index (χ2v) is 4.59. The summed E-state index contributed by atoms with van der Waals surface area (Å²) in [7, 11) is 0. The molecule has 0 spiro atoms. The third kappa shape index (κ3) is 2.49. The van der Waals surface area contributed by atoms with Crippen molar-refractivity contribution in [1.29, 1.82) is 0 Å². The van der Waals surface area contributed by atoms with Crippen molar-refractivity contribution in [3.63, 3.8) is 0 Å². The van der Waals surface area contributed by atoms with Crippen molar-refractivity contribution in [2.75, 3.05) is 13.1 Å². The Morgan fingerprint density at radius 1 is 1.61 bits per heavy atom. The Labute approximate surface area is 108 Å². The SMILES string of the molecule is C#CCNC(=O)C(C)N1CCCC1(CC)C(=O)O. The molecule has 0 aliphatic carbocycles. The molecule has 2 unspecified atom stereocenters. The van der Waals surface area contributed by atoms with E-state index in [4.69, 9.17) is 6.42 Å². The highest BCUT2D eigenvalue weighted by atomic mass is 16.4. The maximum Gasteiger partial charge on any atom is 0.324 e. The molecular formula is C13H20N2O3. The van der Waals surface area contributed by atoms with Crippen LogP contribution < -0.4 is 5.32 Å². The van der Waals surface area contributed by atoms with Gasteiger partial charge in [-0.15, -0.1) is 6.42 Å². The number of hydrogen-bond acceptors (Lipinski definition) is 3. The molecule has 1 rings (SSSR count). The lowest BCUT2D eigenvalue weighted by Gasteiger charge is -2.37. The molecule has 1 heterocycles. The van der Waals surface area contributed by atoms with Crippen LogP contribution >= 0.6 is 0 Å². The smallest absolute Gasteiger partial charge is 0.324 e. The largest absolute Gasteiger partial charge is 0.480 e. The van der Waals surface area contributed by atoms with Gasteiger partial charge in [0.15, 0.2) is 0 Å². The molecule has 0 radical (unpaired) electrons. The van der Waals surface area contributed by atoms with Gasteiger partial charge >= 0.3 is 5.97 Å². The molecule has 5 heteroatoms. The van der Waals surface area contributed by atoms with Crippen LogP contribution in [-0.2, 0) is 9.59 Å². The molecule has 2 atom stereocenters. The van der Waals surface area contributed by atoms with Gasteiger partial charge in [-0.2, -0.15) is 0 Å². The lowest BCUT2D eigenvalue weighted by atomic mass is 9.92. The highest BCUT2D eigenvalue weighted by Gasteiger charge is 2.49. The summed E-state index contributed by atoms with van der Waals surface area (Å²) in [5.41, 5.74) is -0.910. The van der Waals surface area contributed by atoms with Gasteiger partial charge < -0.3 is 10.4 Å². The third-order valence-electron chi connectivity index (χ3n) is 3.73. The number of carbonyl (C=O) groups is 2. The van der Waals surface area contributed by atoms with Gasteiger partial charge in [-0.3, -0.25) is 14.5 Å². The second-order valence-electron chi connectivity index (χ2n) is 4.59. The Morgan fingerprint density at radius 2 is 2.28 bits per heavy atom. The van der Waals surface area contributed by atoms with E-state index in [2.05, 4.69) is 11.2 Å². The fourth-order valence-corrected chi connectivity index (χ4v) is 2.65. The molecule has 0 aromatic carbocycles. The molecule has 0 saturated carbocycles. The monoisotopic (exact) mass is 252 g/mol. The number of carbonyl (C=O) groups excluding carboxylic acids is 1. The van der Waals surface area contributed by atoms with Gasteiger partial charge in [-0.1, -0.05) is 12.8 Å². The van der Waals surface area contributed by atoms with Crippen LogP contribution in [0.25, 0.3) is 0 Å². The fourth-order valence-electron chi connectivity index (χ4n) is 2.65. The zero-order valence-corrected chi connectivity index (χ0v) is 10.9. The van der Waals surface area contributed by atoms with Crippen molar-refractivity contribution in [3.05, 3.63) is 0 Å². The third-order valence-corrected chi connectivity index (χ3v) is 3.73. The van der Waals surface area contributed by atoms with Crippen LogP contribution in [0, 0.1) is 12.3 Å². The molecule has 5 nitrogen and oxygen atoms in total. The summed E-state index contributed by atoms with van der Waals surface area (Å²) >= 11 is 0. The van der Waals surface area contributed by atoms with E-state index in [0.717, 1.165) is 6.42 Å². The van der Waals surface area contributed by atoms with E-state index in [1.165, 1.54) is 0 Å². The molecule has 1 aliphatic heterocycles. The summed E-state index contributed by atoms with van der Waals surface area (Å²) < 4.78 is 0. The van der Waals surface area contributed by atoms with Crippen molar-refractivity contribution in [3.8, 4) is 12.3 Å². The first-order valence-electron chi connectivity index (χ1n) is 6.21. The minimum Gasteiger partial charge on any atom is -0.480 e. The molecule has 0 aromatic heterocycles. The van der Waals surface area contributed by atoms with Crippen LogP contribution in [0.2, 0.25) is 0 Å². The number of rotatable bonds is 5. The minimum atomic E-state index is -0.910. The van der Waals surface area contributed by atoms with Crippen molar-refractivity contribution < 1.29 is 14.7 Å². The fraction of sp³-hybridized carbons (Fsp3) is 0.692. The summed E-state index contributed by atoms with van der Waals surface area (Å²) in [6.07, 6.45) is 6.97. The molecular weight excluding hydrogens is 232 g/mol. The van der Waals surface area contributed by atoms with Crippen LogP contribution in [0.15, 0.2) is 0 Å². The molecule has 1 amide bonds. The molecule has 100 valence electrons. The van der Waals surface area contributed by atoms with Gasteiger partial charge in [0.05, 0.1) is 12.6 Å². The zero-order chi connectivity index (χ0) is 13.8. The van der Waals surface area contributed by atoms with Crippen molar-refractivity contribution in [2.45, 2.75) is 44.7 Å². The van der Waals surface area contributed by atoms with E-state index < -0.39 is 17.6 Å². The number of nitrogens with one attached hydrogen (secondary N) is 1. The molecule has 1 fully saturated rings. The van der Waals surface area contributed by atoms with E-state index in [-0.39, 0.29) is 12.5 Å². The van der Waals surface area contributed by atoms with Gasteiger partial charge in [-0.05, 0) is 26.2 Å². The lowest BCUT2D eigenvalue weighted by molar-refractivity contribution is -0.152. The average Bonchev–Trinajstić information content (AvgIpc) is 2.79. The Balaban J connectivity index is 2.84. The Hall–Kier alpha value is -1.54. The standard InChI is InChI=1S/C13H20N2O3/c1-4-8-14-11(16)10(3)15-9-6-7-13(15,5-2)12(17)18/h1,10H,5-9H2,2-3H3,(H,14,16)(H,17,18). The Kier molecular flexibility index (Phi) is 4.74. The number of carboxylic acids is 1. The molecule has 2 N–H and O–H groups in total. The lowest BCUT2D eigenvalue weighted by Crippen LogP contribution is -2.57. The van der Waals surface area contributed by atoms with Crippen molar-refractivity contribution in [2.24, 2.45) is 0 Å². The van der Waals surface area contributed by atoms with Gasteiger partial charge in [0, 0.05) is 6.54 Å². The zero-order valence-electron chi connectivity index (χ0n) is 10.9. The summed E-state index contributed by atoms with van der Waals surface area (Å²) in [6.45, 7) is 4.37. The Morgan fingerprint density at radius 3 is 2.78 bits per heavy atom. The number of terminal acetylenes is 1. The number of likely N-dealkylation sites (tertiary alicyclic amines) is 1. The van der Waals surface area contributed by atoms with E-state index in [0.29, 0.717) is 19.4 Å². The van der Waals surface area contributed by atoms with Crippen LogP contribution in [0.5, 0.6) is 0 Å². The summed E-state index contributed by atoms with van der Waals surface area (Å²) in [5, 5.41) is 12.0. The maximum atomic E-state index is 11.9. The summed E-state index contributed by atoms with van der Waals surface area (Å²) in [5.74, 6) is 1.27. The summed E-state index contributed by atoms with van der Waals surface area (Å²) in [4.78, 5) is 25.2. The van der Waals surface area contributed by atoms with Crippen molar-refractivity contribution >= 4 is 11.9 Å². The van der Waals surface area contributed by atoms with E-state index in [1.54, 1.807) is 11.8 Å². The first kappa shape index (κ1) is 14.5. The van der Waals surface area contributed by atoms with Crippen LogP contribution in [0.1, 0.15) is 33.1 Å². The molecule has 0 aromatic rings. The highest BCUT2D eigenvalue weighted by Crippen LogP contribution is 2.34. The highest BCUT2D eigenvalue weighted by molar-refractivity contribution is 5.84. The van der Waals surface area contributed by atoms with E-state index in [1.807, 2.05) is 6.92 Å². The molecule has 18 heavy (non-hydrogen) atoms. The predicted molar refractivity (Wildman–Crippen MR) is 67.9 cm³/mol. The topological polar surface area (TPSA) is 69.6 Å². The van der Waals surface area contributed by atoms with E-state index in [9.17, 15) is 14.7 Å². The van der Waals surface area contributed by atoms with Crippen LogP contribution in [0.3, 0.4) is 0 Å². The predicted octanol–water partition coefficient (Wildman–Crippen LogP) is 0.453. The molecule has 0 bridgehead atoms. The quantitative estimate of drug-likeness (QED) is 0.697. The maximum absolute atomic E-state index is 11.9. The first-order chi connectivity index (χ1) is 8.49. The van der Waals surface area contributed by atoms with Gasteiger partial charge in [-0.25, -0.2) is 0 Å². The van der Waals surface area contributed by atoms with Gasteiger partial charge in [0.2, 0.25) is 5.91 Å². The second kappa shape index (κ2) is 5.87. The normalized spacial score (nSPS) is 25.4. The first-order valence-corrected chi connectivity index (χ1v) is 6.21. The number of aliphatic carboxylic acids is 1. The van der Waals surface area contributed by atoms with Crippen LogP contribution in [0.4, 0.5) is 0 Å². The van der Waals surface area contributed by atoms with Crippen LogP contribution in [-0.4, -0.2) is 46.6 Å². The summed E-state index contributed by atoms with van der Waals surface area (Å²) in [6, 6.07) is -0.475. The Bertz CT molecular complexity index is 375. The average molecular weight is 252 g/mol. The van der Waals surface area contributed by atoms with Gasteiger partial charge in [0.25, 0.3) is 0 Å².